The van der Waals surface area contributed by atoms with Gasteiger partial charge in [0.15, 0.2) is 0 Å². The lowest BCUT2D eigenvalue weighted by Gasteiger charge is -2.32. The van der Waals surface area contributed by atoms with Crippen molar-refractivity contribution in [2.24, 2.45) is 40.5 Å². The molecule has 0 unspecified atom stereocenters. The number of rotatable bonds is 37. The van der Waals surface area contributed by atoms with E-state index in [-0.39, 0.29) is 50.4 Å². The van der Waals surface area contributed by atoms with Gasteiger partial charge in [-0.05, 0) is 115 Å². The van der Waals surface area contributed by atoms with Crippen molar-refractivity contribution in [1.29, 1.82) is 0 Å². The van der Waals surface area contributed by atoms with Crippen LogP contribution in [0.4, 0.5) is 0 Å². The van der Waals surface area contributed by atoms with Crippen LogP contribution in [-0.2, 0) is 44.8 Å². The Labute approximate surface area is 379 Å². The number of Topliss-reactive ketones (excluding diaryl/α,β-unsaturated/α-hetero) is 4. The number of nitrogens with one attached hydrogen (secondary N) is 5. The van der Waals surface area contributed by atoms with Crippen LogP contribution in [0, 0.1) is 11.8 Å². The second kappa shape index (κ2) is 29.8. The molecule has 64 heavy (non-hydrogen) atoms. The number of amides is 3. The quantitative estimate of drug-likeness (QED) is 0.0147. The summed E-state index contributed by atoms with van der Waals surface area (Å²) in [5, 5.41) is 2.51. The van der Waals surface area contributed by atoms with Gasteiger partial charge in [0.25, 0.3) is 0 Å². The average Bonchev–Trinajstić information content (AvgIpc) is 3.24. The molecule has 15 N–H and O–H groups in total. The minimum Gasteiger partial charge on any atom is -0.370 e. The zero-order valence-corrected chi connectivity index (χ0v) is 38.9. The molecule has 0 saturated carbocycles. The summed E-state index contributed by atoms with van der Waals surface area (Å²) < 4.78 is 0. The molecular weight excluding hydrogens is 821 g/mol. The molecule has 0 aromatic heterocycles. The summed E-state index contributed by atoms with van der Waals surface area (Å²) in [5.74, 6) is -4.83. The third-order valence-electron chi connectivity index (χ3n) is 10.9. The van der Waals surface area contributed by atoms with Gasteiger partial charge in [-0.2, -0.15) is 0 Å². The van der Waals surface area contributed by atoms with E-state index >= 15 is 0 Å². The first-order chi connectivity index (χ1) is 30.1. The molecule has 1 aromatic carbocycles. The van der Waals surface area contributed by atoms with Gasteiger partial charge in [-0.25, -0.2) is 21.7 Å². The zero-order valence-electron chi connectivity index (χ0n) is 38.9. The Bertz CT molecular complexity index is 1690. The van der Waals surface area contributed by atoms with Crippen molar-refractivity contribution >= 4 is 47.1 Å². The van der Waals surface area contributed by atoms with E-state index in [1.54, 1.807) is 6.92 Å². The van der Waals surface area contributed by atoms with Gasteiger partial charge >= 0.3 is 0 Å². The number of ketones is 4. The van der Waals surface area contributed by atoms with Gasteiger partial charge in [0.1, 0.15) is 12.3 Å². The molecule has 0 fully saturated rings. The summed E-state index contributed by atoms with van der Waals surface area (Å²) >= 11 is 0. The number of unbranched alkanes of at least 4 members (excludes halogenated alkanes) is 3. The lowest BCUT2D eigenvalue weighted by molar-refractivity contribution is -0.142. The predicted octanol–water partition coefficient (Wildman–Crippen LogP) is 1.16. The summed E-state index contributed by atoms with van der Waals surface area (Å²) in [6.07, 6.45) is 9.19. The molecule has 0 bridgehead atoms. The molecular formula is C46H78N10O8. The second-order valence-corrected chi connectivity index (χ2v) is 18.1. The smallest absolute Gasteiger partial charge is 0.240 e. The van der Waals surface area contributed by atoms with E-state index in [1.165, 1.54) is 6.92 Å². The van der Waals surface area contributed by atoms with Crippen molar-refractivity contribution in [3.8, 4) is 0 Å². The fraction of sp³-hybridized carbons (Fsp3) is 0.652. The highest BCUT2D eigenvalue weighted by Crippen LogP contribution is 2.20. The SMILES string of the molecule is CC(C)C[C@@H](C=O)NN[C@@H](CC(C)C)C(=O)C(=O)[C@H](Cc1ccccc1)NN[C@@](C)(CCC/C=C\CCC[C@](C)(N)C(=O)N[C@@H](CCC(N)=O)C(N)=O)C(=O)C(=O)[C@@H](N)CCCCN. The van der Waals surface area contributed by atoms with Crippen LogP contribution in [0.15, 0.2) is 42.5 Å². The largest absolute Gasteiger partial charge is 0.370 e. The first-order valence-corrected chi connectivity index (χ1v) is 22.6. The molecule has 1 aromatic rings. The fourth-order valence-corrected chi connectivity index (χ4v) is 6.93. The molecule has 0 aliphatic rings. The van der Waals surface area contributed by atoms with E-state index in [0.717, 1.165) is 11.8 Å². The lowest BCUT2D eigenvalue weighted by atomic mass is 9.85. The Morgan fingerprint density at radius 2 is 1.31 bits per heavy atom. The molecule has 3 amide bonds. The second-order valence-electron chi connectivity index (χ2n) is 18.1. The summed E-state index contributed by atoms with van der Waals surface area (Å²) in [6, 6.07) is 4.23. The highest BCUT2D eigenvalue weighted by molar-refractivity contribution is 6.42. The number of carbonyl (C=O) groups excluding carboxylic acids is 8. The summed E-state index contributed by atoms with van der Waals surface area (Å²) in [6.45, 7) is 11.3. The van der Waals surface area contributed by atoms with Crippen LogP contribution in [0.2, 0.25) is 0 Å². The third-order valence-corrected chi connectivity index (χ3v) is 10.9. The molecule has 1 rings (SSSR count). The maximum Gasteiger partial charge on any atom is 0.240 e. The van der Waals surface area contributed by atoms with Crippen LogP contribution in [0.1, 0.15) is 131 Å². The van der Waals surface area contributed by atoms with Crippen LogP contribution in [-0.4, -0.2) is 95.0 Å². The van der Waals surface area contributed by atoms with Crippen molar-refractivity contribution in [3.05, 3.63) is 48.0 Å². The summed E-state index contributed by atoms with van der Waals surface area (Å²) in [7, 11) is 0. The van der Waals surface area contributed by atoms with Crippen molar-refractivity contribution < 1.29 is 38.4 Å². The van der Waals surface area contributed by atoms with Crippen LogP contribution >= 0.6 is 0 Å². The van der Waals surface area contributed by atoms with Gasteiger partial charge in [0, 0.05) is 6.42 Å². The number of benzene rings is 1. The van der Waals surface area contributed by atoms with Gasteiger partial charge in [0.05, 0.1) is 35.2 Å². The normalized spacial score (nSPS) is 16.0. The van der Waals surface area contributed by atoms with E-state index in [9.17, 15) is 38.4 Å². The van der Waals surface area contributed by atoms with Crippen molar-refractivity contribution in [2.75, 3.05) is 6.54 Å². The molecule has 0 heterocycles. The third kappa shape index (κ3) is 21.9. The standard InChI is InChI=1S/C46H78N10O8/c1-30(2)26-33(29-57)53-54-36(27-31(3)4)40(60)41(61)37(28-32-18-12-11-13-19-32)55-56-46(6,42(62)39(59)34(48)20-14-17-25-47)24-16-10-8-7-9-15-23-45(5,51)44(64)52-35(43(50)63)21-22-38(49)58/h7-8,11-13,18-19,29-31,33-37,53-56H,9-10,14-17,20-28,47-48,51H2,1-6H3,(H2,49,58)(H2,50,63)(H,52,64)/b8-7-/t33-,34-,35-,36-,37-,45-,46-/m0/s1. The van der Waals surface area contributed by atoms with E-state index in [0.29, 0.717) is 57.9 Å². The topological polar surface area (TPSA) is 327 Å². The van der Waals surface area contributed by atoms with Crippen LogP contribution < -0.4 is 55.7 Å². The molecule has 18 nitrogen and oxygen atoms in total. The van der Waals surface area contributed by atoms with Gasteiger partial charge < -0.3 is 38.8 Å². The molecule has 0 spiro atoms. The fourth-order valence-electron chi connectivity index (χ4n) is 6.93. The zero-order chi connectivity index (χ0) is 48.5. The van der Waals surface area contributed by atoms with Gasteiger partial charge in [-0.1, -0.05) is 76.6 Å². The summed E-state index contributed by atoms with van der Waals surface area (Å²) in [5.41, 5.74) is 38.4. The number of hydrogen-bond donors (Lipinski definition) is 10. The first kappa shape index (κ1) is 57.5. The monoisotopic (exact) mass is 899 g/mol. The number of hydrazine groups is 2. The van der Waals surface area contributed by atoms with E-state index < -0.39 is 82.1 Å². The molecule has 0 aliphatic heterocycles. The number of hydrogen-bond acceptors (Lipinski definition) is 15. The van der Waals surface area contributed by atoms with Gasteiger partial charge in [-0.15, -0.1) is 0 Å². The molecule has 0 saturated heterocycles. The highest BCUT2D eigenvalue weighted by atomic mass is 16.2. The Kier molecular flexibility index (Phi) is 26.8. The van der Waals surface area contributed by atoms with E-state index in [4.69, 9.17) is 28.7 Å². The van der Waals surface area contributed by atoms with Gasteiger partial charge in [0.2, 0.25) is 40.9 Å². The van der Waals surface area contributed by atoms with Crippen molar-refractivity contribution in [3.63, 3.8) is 0 Å². The minimum atomic E-state index is -1.55. The van der Waals surface area contributed by atoms with E-state index in [1.807, 2.05) is 70.2 Å². The van der Waals surface area contributed by atoms with Crippen LogP contribution in [0.3, 0.4) is 0 Å². The molecule has 360 valence electrons. The van der Waals surface area contributed by atoms with E-state index in [2.05, 4.69) is 27.0 Å². The molecule has 0 aliphatic carbocycles. The van der Waals surface area contributed by atoms with Crippen LogP contribution in [0.25, 0.3) is 0 Å². The maximum absolute atomic E-state index is 14.2. The Balaban J connectivity index is 3.24. The minimum absolute atomic E-state index is 0.0149. The van der Waals surface area contributed by atoms with Crippen molar-refractivity contribution in [1.82, 2.24) is 27.0 Å². The number of aldehydes is 1. The molecule has 18 heteroatoms. The highest BCUT2D eigenvalue weighted by Gasteiger charge is 2.41. The van der Waals surface area contributed by atoms with Gasteiger partial charge in [-0.3, -0.25) is 33.6 Å². The van der Waals surface area contributed by atoms with Crippen LogP contribution in [0.5, 0.6) is 0 Å². The van der Waals surface area contributed by atoms with Crippen molar-refractivity contribution in [2.45, 2.75) is 173 Å². The Morgan fingerprint density at radius 1 is 0.719 bits per heavy atom. The Hall–Kier alpha value is -4.56. The molecule has 7 atom stereocenters. The number of nitrogens with two attached hydrogens (primary N) is 5. The number of carbonyl (C=O) groups is 8. The first-order valence-electron chi connectivity index (χ1n) is 22.6. The predicted molar refractivity (Wildman–Crippen MR) is 247 cm³/mol. The number of primary amides is 2. The molecule has 0 radical (unpaired) electrons. The Morgan fingerprint density at radius 3 is 1.86 bits per heavy atom. The maximum atomic E-state index is 14.2. The lowest BCUT2D eigenvalue weighted by Crippen LogP contribution is -2.64. The average molecular weight is 899 g/mol. The number of allylic oxidation sites excluding steroid dienone is 2. The summed E-state index contributed by atoms with van der Waals surface area (Å²) in [4.78, 5) is 103.